The van der Waals surface area contributed by atoms with E-state index in [0.717, 1.165) is 10.0 Å². The van der Waals surface area contributed by atoms with E-state index in [0.29, 0.717) is 12.4 Å². The topological polar surface area (TPSA) is 59.4 Å². The Labute approximate surface area is 96.7 Å². The van der Waals surface area contributed by atoms with Crippen LogP contribution in [-0.4, -0.2) is 34.5 Å². The van der Waals surface area contributed by atoms with Crippen LogP contribution in [0.2, 0.25) is 0 Å². The number of hydrogen-bond donors (Lipinski definition) is 1. The van der Waals surface area contributed by atoms with Crippen LogP contribution in [0.25, 0.3) is 0 Å². The van der Waals surface area contributed by atoms with Crippen molar-refractivity contribution in [3.8, 4) is 0 Å². The molecule has 1 atom stereocenters. The van der Waals surface area contributed by atoms with Gasteiger partial charge in [0.2, 0.25) is 0 Å². The lowest BCUT2D eigenvalue weighted by atomic mass is 10.4. The summed E-state index contributed by atoms with van der Waals surface area (Å²) in [5.41, 5.74) is 0.964. The van der Waals surface area contributed by atoms with E-state index in [1.165, 1.54) is 23.1 Å². The number of carbonyl (C=O) groups is 1. The average molecular weight is 247 g/mol. The van der Waals surface area contributed by atoms with Gasteiger partial charge in [0, 0.05) is 23.4 Å². The fourth-order valence-electron chi connectivity index (χ4n) is 0.938. The molecule has 0 aliphatic heterocycles. The summed E-state index contributed by atoms with van der Waals surface area (Å²) in [4.78, 5) is 15.0. The molecular formula is C9H13NO3S2. The number of aliphatic carboxylic acids is 1. The van der Waals surface area contributed by atoms with Gasteiger partial charge >= 0.3 is 5.97 Å². The number of aromatic nitrogens is 1. The van der Waals surface area contributed by atoms with Crippen molar-refractivity contribution in [2.45, 2.75) is 24.3 Å². The number of rotatable bonds is 6. The van der Waals surface area contributed by atoms with E-state index in [4.69, 9.17) is 9.84 Å². The first-order valence-corrected chi connectivity index (χ1v) is 6.39. The summed E-state index contributed by atoms with van der Waals surface area (Å²) in [6, 6.07) is 0. The molecule has 0 bridgehead atoms. The Balaban J connectivity index is 2.43. The molecule has 4 nitrogen and oxygen atoms in total. The molecule has 6 heteroatoms. The van der Waals surface area contributed by atoms with Crippen LogP contribution in [-0.2, 0) is 9.53 Å². The Morgan fingerprint density at radius 1 is 1.80 bits per heavy atom. The minimum atomic E-state index is -0.919. The lowest BCUT2D eigenvalue weighted by molar-refractivity contribution is -0.148. The minimum Gasteiger partial charge on any atom is -0.479 e. The van der Waals surface area contributed by atoms with Crippen LogP contribution in [0.5, 0.6) is 0 Å². The molecule has 0 spiro atoms. The Kier molecular flexibility index (Phi) is 5.07. The van der Waals surface area contributed by atoms with Crippen molar-refractivity contribution in [2.24, 2.45) is 0 Å². The zero-order valence-electron chi connectivity index (χ0n) is 8.60. The fourth-order valence-corrected chi connectivity index (χ4v) is 2.82. The minimum absolute atomic E-state index is 0.399. The monoisotopic (exact) mass is 247 g/mol. The second-order valence-electron chi connectivity index (χ2n) is 2.85. The molecule has 1 heterocycles. The Morgan fingerprint density at radius 3 is 3.00 bits per heavy atom. The molecule has 1 rings (SSSR count). The predicted molar refractivity (Wildman–Crippen MR) is 60.6 cm³/mol. The van der Waals surface area contributed by atoms with Crippen LogP contribution < -0.4 is 0 Å². The molecule has 0 fully saturated rings. The molecule has 0 amide bonds. The second kappa shape index (κ2) is 6.09. The molecule has 15 heavy (non-hydrogen) atoms. The van der Waals surface area contributed by atoms with Gasteiger partial charge in [-0.15, -0.1) is 11.3 Å². The zero-order valence-corrected chi connectivity index (χ0v) is 10.2. The zero-order chi connectivity index (χ0) is 11.3. The molecule has 0 aromatic carbocycles. The first kappa shape index (κ1) is 12.5. The molecule has 1 aromatic rings. The summed E-state index contributed by atoms with van der Waals surface area (Å²) in [7, 11) is 0. The smallest absolute Gasteiger partial charge is 0.333 e. The Bertz CT molecular complexity index is 327. The lowest BCUT2D eigenvalue weighted by Gasteiger charge is -2.10. The van der Waals surface area contributed by atoms with Crippen LogP contribution >= 0.6 is 23.1 Å². The summed E-state index contributed by atoms with van der Waals surface area (Å²) >= 11 is 2.94. The summed E-state index contributed by atoms with van der Waals surface area (Å²) in [5.74, 6) is -0.520. The van der Waals surface area contributed by atoms with Crippen molar-refractivity contribution in [3.63, 3.8) is 0 Å². The van der Waals surface area contributed by atoms with Gasteiger partial charge in [-0.25, -0.2) is 9.78 Å². The predicted octanol–water partition coefficient (Wildman–Crippen LogP) is 2.03. The molecule has 1 N–H and O–H groups in total. The van der Waals surface area contributed by atoms with Gasteiger partial charge in [-0.05, 0) is 13.8 Å². The maximum absolute atomic E-state index is 10.8. The van der Waals surface area contributed by atoms with Gasteiger partial charge in [0.25, 0.3) is 0 Å². The van der Waals surface area contributed by atoms with Crippen LogP contribution in [0.4, 0.5) is 0 Å². The number of thioether (sulfide) groups is 1. The lowest BCUT2D eigenvalue weighted by Crippen LogP contribution is -2.26. The van der Waals surface area contributed by atoms with E-state index in [9.17, 15) is 4.79 Å². The summed E-state index contributed by atoms with van der Waals surface area (Å²) in [5, 5.41) is 10.8. The van der Waals surface area contributed by atoms with Gasteiger partial charge < -0.3 is 9.84 Å². The van der Waals surface area contributed by atoms with E-state index in [1.807, 2.05) is 12.3 Å². The van der Waals surface area contributed by atoms with E-state index in [-0.39, 0.29) is 0 Å². The number of thiazole rings is 1. The summed E-state index contributed by atoms with van der Waals surface area (Å²) in [6.45, 7) is 4.11. The van der Waals surface area contributed by atoms with Crippen molar-refractivity contribution < 1.29 is 14.6 Å². The number of hydrogen-bond acceptors (Lipinski definition) is 5. The highest BCUT2D eigenvalue weighted by atomic mass is 32.2. The molecule has 0 saturated heterocycles. The largest absolute Gasteiger partial charge is 0.479 e. The first-order chi connectivity index (χ1) is 7.13. The average Bonchev–Trinajstić information content (AvgIpc) is 2.58. The van der Waals surface area contributed by atoms with E-state index in [2.05, 4.69) is 4.98 Å². The second-order valence-corrected chi connectivity index (χ2v) is 4.97. The van der Waals surface area contributed by atoms with Crippen LogP contribution in [0.15, 0.2) is 9.72 Å². The van der Waals surface area contributed by atoms with Gasteiger partial charge in [-0.2, -0.15) is 0 Å². The maximum Gasteiger partial charge on any atom is 0.333 e. The van der Waals surface area contributed by atoms with Crippen molar-refractivity contribution >= 4 is 29.1 Å². The summed E-state index contributed by atoms with van der Waals surface area (Å²) < 4.78 is 5.98. The van der Waals surface area contributed by atoms with Gasteiger partial charge in [0.05, 0.1) is 0 Å². The SMILES string of the molecule is CCOC(CSc1nc(C)cs1)C(=O)O. The van der Waals surface area contributed by atoms with Crippen LogP contribution in [0.3, 0.4) is 0 Å². The van der Waals surface area contributed by atoms with Crippen molar-refractivity contribution in [1.29, 1.82) is 0 Å². The van der Waals surface area contributed by atoms with Gasteiger partial charge in [-0.1, -0.05) is 11.8 Å². The fraction of sp³-hybridized carbons (Fsp3) is 0.556. The Hall–Kier alpha value is -0.590. The van der Waals surface area contributed by atoms with E-state index < -0.39 is 12.1 Å². The summed E-state index contributed by atoms with van der Waals surface area (Å²) in [6.07, 6.45) is -0.746. The van der Waals surface area contributed by atoms with Crippen LogP contribution in [0.1, 0.15) is 12.6 Å². The van der Waals surface area contributed by atoms with E-state index in [1.54, 1.807) is 6.92 Å². The Morgan fingerprint density at radius 2 is 2.53 bits per heavy atom. The third kappa shape index (κ3) is 4.19. The number of carboxylic acid groups (broad SMARTS) is 1. The third-order valence-electron chi connectivity index (χ3n) is 1.60. The number of carboxylic acids is 1. The standard InChI is InChI=1S/C9H13NO3S2/c1-3-13-7(8(11)12)5-15-9-10-6(2)4-14-9/h4,7H,3,5H2,1-2H3,(H,11,12). The van der Waals surface area contributed by atoms with Crippen molar-refractivity contribution in [2.75, 3.05) is 12.4 Å². The van der Waals surface area contributed by atoms with Gasteiger partial charge in [0.1, 0.15) is 4.34 Å². The molecule has 1 aromatic heterocycles. The highest BCUT2D eigenvalue weighted by molar-refractivity contribution is 8.01. The van der Waals surface area contributed by atoms with Crippen LogP contribution in [0, 0.1) is 6.92 Å². The molecule has 84 valence electrons. The quantitative estimate of drug-likeness (QED) is 0.779. The molecule has 0 radical (unpaired) electrons. The highest BCUT2D eigenvalue weighted by Gasteiger charge is 2.18. The number of ether oxygens (including phenoxy) is 1. The van der Waals surface area contributed by atoms with Crippen molar-refractivity contribution in [1.82, 2.24) is 4.98 Å². The first-order valence-electron chi connectivity index (χ1n) is 4.52. The molecule has 1 unspecified atom stereocenters. The van der Waals surface area contributed by atoms with Crippen molar-refractivity contribution in [3.05, 3.63) is 11.1 Å². The van der Waals surface area contributed by atoms with E-state index >= 15 is 0 Å². The maximum atomic E-state index is 10.8. The molecule has 0 aliphatic rings. The molecule has 0 aliphatic carbocycles. The highest BCUT2D eigenvalue weighted by Crippen LogP contribution is 2.23. The third-order valence-corrected chi connectivity index (χ3v) is 3.80. The molecular weight excluding hydrogens is 234 g/mol. The number of nitrogens with zero attached hydrogens (tertiary/aromatic N) is 1. The van der Waals surface area contributed by atoms with Gasteiger partial charge in [-0.3, -0.25) is 0 Å². The van der Waals surface area contributed by atoms with Gasteiger partial charge in [0.15, 0.2) is 6.10 Å². The molecule has 0 saturated carbocycles. The number of aryl methyl sites for hydroxylation is 1. The normalized spacial score (nSPS) is 12.7.